The number of piperidine rings is 1. The number of hydrogen-bond donors (Lipinski definition) is 0. The van der Waals surface area contributed by atoms with Crippen molar-refractivity contribution in [1.29, 1.82) is 5.26 Å². The number of benzene rings is 1. The smallest absolute Gasteiger partial charge is 0.419 e. The molecule has 4 fully saturated rings. The first-order chi connectivity index (χ1) is 18.6. The Bertz CT molecular complexity index is 1360. The molecule has 0 N–H and O–H groups in total. The van der Waals surface area contributed by atoms with E-state index in [0.717, 1.165) is 48.7 Å². The maximum absolute atomic E-state index is 13.7. The third kappa shape index (κ3) is 4.07. The fourth-order valence-electron chi connectivity index (χ4n) is 6.48. The number of rotatable bonds is 4. The second-order valence-corrected chi connectivity index (χ2v) is 11.4. The number of hydrogen-bond acceptors (Lipinski definition) is 6. The lowest BCUT2D eigenvalue weighted by Gasteiger charge is -2.53. The summed E-state index contributed by atoms with van der Waals surface area (Å²) in [5.74, 6) is 0.362. The number of anilines is 2. The Morgan fingerprint density at radius 1 is 1.13 bits per heavy atom. The number of ether oxygens (including phenoxy) is 1. The first-order valence-corrected chi connectivity index (χ1v) is 13.6. The molecule has 1 amide bonds. The van der Waals surface area contributed by atoms with Crippen molar-refractivity contribution in [2.75, 3.05) is 23.4 Å². The van der Waals surface area contributed by atoms with Crippen LogP contribution in [0.25, 0.3) is 0 Å². The van der Waals surface area contributed by atoms with Gasteiger partial charge >= 0.3 is 6.18 Å². The van der Waals surface area contributed by atoms with Gasteiger partial charge < -0.3 is 14.5 Å². The van der Waals surface area contributed by atoms with Gasteiger partial charge in [0.05, 0.1) is 17.4 Å². The zero-order chi connectivity index (χ0) is 27.6. The molecule has 2 aliphatic carbocycles. The second kappa shape index (κ2) is 9.17. The van der Waals surface area contributed by atoms with Crippen LogP contribution < -0.4 is 14.5 Å². The van der Waals surface area contributed by atoms with E-state index in [2.05, 4.69) is 16.9 Å². The minimum atomic E-state index is -4.80. The standard InChI is InChI=1S/C28H28F3N5O2S/c1-34-13-8-21(15-26(34)9-2-10-26)38-20-6-4-18(5-7-20)36-25(39)35(24(37)27(36)11-3-12-27)19-14-22(28(29,30)31)23(16-32)33-17-19/h4-7,14,17,21H,2-3,8-13,15H2,1H3/t21-/m1/s1. The van der Waals surface area contributed by atoms with Gasteiger partial charge in [-0.1, -0.05) is 0 Å². The minimum absolute atomic E-state index is 0.0928. The van der Waals surface area contributed by atoms with Crippen molar-refractivity contribution in [3.8, 4) is 11.8 Å². The van der Waals surface area contributed by atoms with Crippen molar-refractivity contribution in [2.45, 2.75) is 74.7 Å². The summed E-state index contributed by atoms with van der Waals surface area (Å²) in [4.78, 5) is 22.7. The predicted molar refractivity (Wildman–Crippen MR) is 142 cm³/mol. The highest BCUT2D eigenvalue weighted by atomic mass is 32.1. The number of nitrogens with zero attached hydrogens (tertiary/aromatic N) is 5. The summed E-state index contributed by atoms with van der Waals surface area (Å²) in [6.07, 6.45) is 3.96. The number of thiocarbonyl (C=S) groups is 1. The average molecular weight is 556 g/mol. The second-order valence-electron chi connectivity index (χ2n) is 11.1. The molecule has 2 spiro atoms. The first-order valence-electron chi connectivity index (χ1n) is 13.2. The summed E-state index contributed by atoms with van der Waals surface area (Å²) < 4.78 is 47.2. The largest absolute Gasteiger partial charge is 0.490 e. The third-order valence-corrected chi connectivity index (χ3v) is 9.39. The Hall–Kier alpha value is -3.23. The van der Waals surface area contributed by atoms with E-state index in [9.17, 15) is 18.0 Å². The van der Waals surface area contributed by atoms with Crippen molar-refractivity contribution in [3.63, 3.8) is 0 Å². The van der Waals surface area contributed by atoms with E-state index in [1.165, 1.54) is 25.3 Å². The number of halogens is 3. The van der Waals surface area contributed by atoms with Crippen LogP contribution in [0.4, 0.5) is 24.5 Å². The van der Waals surface area contributed by atoms with Gasteiger partial charge in [0.15, 0.2) is 10.8 Å². The highest BCUT2D eigenvalue weighted by molar-refractivity contribution is 7.81. The Kier molecular flexibility index (Phi) is 6.11. The van der Waals surface area contributed by atoms with Crippen LogP contribution in [-0.4, -0.2) is 51.7 Å². The summed E-state index contributed by atoms with van der Waals surface area (Å²) in [6, 6.07) is 9.69. The molecule has 0 bridgehead atoms. The fraction of sp³-hybridized carbons (Fsp3) is 0.500. The zero-order valence-electron chi connectivity index (χ0n) is 21.5. The van der Waals surface area contributed by atoms with Gasteiger partial charge in [0.25, 0.3) is 5.91 Å². The molecule has 7 nitrogen and oxygen atoms in total. The Morgan fingerprint density at radius 3 is 2.38 bits per heavy atom. The maximum atomic E-state index is 13.7. The fourth-order valence-corrected chi connectivity index (χ4v) is 6.95. The van der Waals surface area contributed by atoms with Gasteiger partial charge in [0, 0.05) is 24.2 Å². The van der Waals surface area contributed by atoms with Crippen LogP contribution in [0.3, 0.4) is 0 Å². The molecule has 2 aliphatic heterocycles. The molecule has 4 aliphatic rings. The number of aromatic nitrogens is 1. The number of alkyl halides is 3. The third-order valence-electron chi connectivity index (χ3n) is 9.02. The van der Waals surface area contributed by atoms with Crippen LogP contribution >= 0.6 is 12.2 Å². The van der Waals surface area contributed by atoms with E-state index in [1.807, 2.05) is 24.3 Å². The zero-order valence-corrected chi connectivity index (χ0v) is 22.3. The summed E-state index contributed by atoms with van der Waals surface area (Å²) in [6.45, 7) is 1.01. The SMILES string of the molecule is CN1CC[C@@H](Oc2ccc(N3C(=S)N(c4cnc(C#N)c(C(F)(F)F)c4)C(=O)C34CCC4)cc2)CC12CCC2. The van der Waals surface area contributed by atoms with Gasteiger partial charge in [-0.2, -0.15) is 18.4 Å². The highest BCUT2D eigenvalue weighted by Gasteiger charge is 2.59. The van der Waals surface area contributed by atoms with E-state index in [1.54, 1.807) is 4.90 Å². The van der Waals surface area contributed by atoms with Gasteiger partial charge in [-0.25, -0.2) is 4.98 Å². The number of likely N-dealkylation sites (tertiary alicyclic amines) is 1. The normalized spacial score (nSPS) is 24.0. The predicted octanol–water partition coefficient (Wildman–Crippen LogP) is 5.43. The molecule has 39 heavy (non-hydrogen) atoms. The van der Waals surface area contributed by atoms with Gasteiger partial charge in [0.1, 0.15) is 23.5 Å². The van der Waals surface area contributed by atoms with E-state index >= 15 is 0 Å². The van der Waals surface area contributed by atoms with Crippen LogP contribution in [0.5, 0.6) is 5.75 Å². The topological polar surface area (TPSA) is 72.7 Å². The van der Waals surface area contributed by atoms with Gasteiger partial charge in [0.2, 0.25) is 0 Å². The van der Waals surface area contributed by atoms with Gasteiger partial charge in [-0.05, 0) is 94.5 Å². The molecule has 0 unspecified atom stereocenters. The molecule has 2 saturated carbocycles. The number of nitriles is 1. The maximum Gasteiger partial charge on any atom is 0.419 e. The minimum Gasteiger partial charge on any atom is -0.490 e. The Balaban J connectivity index is 1.26. The average Bonchev–Trinajstić information content (AvgIpc) is 3.10. The summed E-state index contributed by atoms with van der Waals surface area (Å²) in [5, 5.41) is 9.20. The quantitative estimate of drug-likeness (QED) is 0.466. The molecule has 1 atom stereocenters. The molecular weight excluding hydrogens is 527 g/mol. The number of carbonyl (C=O) groups excluding carboxylic acids is 1. The molecule has 2 saturated heterocycles. The van der Waals surface area contributed by atoms with Crippen molar-refractivity contribution >= 4 is 34.6 Å². The van der Waals surface area contributed by atoms with Crippen molar-refractivity contribution in [3.05, 3.63) is 47.8 Å². The summed E-state index contributed by atoms with van der Waals surface area (Å²) in [7, 11) is 2.20. The van der Waals surface area contributed by atoms with Crippen LogP contribution in [0.15, 0.2) is 36.5 Å². The monoisotopic (exact) mass is 555 g/mol. The molecule has 2 aromatic rings. The van der Waals surface area contributed by atoms with Crippen LogP contribution in [-0.2, 0) is 11.0 Å². The van der Waals surface area contributed by atoms with Crippen molar-refractivity contribution in [2.24, 2.45) is 0 Å². The molecular formula is C28H28F3N5O2S. The van der Waals surface area contributed by atoms with E-state index in [4.69, 9.17) is 22.2 Å². The van der Waals surface area contributed by atoms with Crippen LogP contribution in [0, 0.1) is 11.3 Å². The van der Waals surface area contributed by atoms with Crippen molar-refractivity contribution in [1.82, 2.24) is 9.88 Å². The lowest BCUT2D eigenvalue weighted by molar-refractivity contribution is -0.138. The molecule has 1 aromatic carbocycles. The number of pyridine rings is 1. The Labute approximate surface area is 230 Å². The lowest BCUT2D eigenvalue weighted by Crippen LogP contribution is -2.58. The van der Waals surface area contributed by atoms with Gasteiger partial charge in [-0.15, -0.1) is 0 Å². The molecule has 3 heterocycles. The molecule has 0 radical (unpaired) electrons. The van der Waals surface area contributed by atoms with Gasteiger partial charge in [-0.3, -0.25) is 9.69 Å². The van der Waals surface area contributed by atoms with Crippen molar-refractivity contribution < 1.29 is 22.7 Å². The van der Waals surface area contributed by atoms with Crippen LogP contribution in [0.1, 0.15) is 62.6 Å². The summed E-state index contributed by atoms with van der Waals surface area (Å²) >= 11 is 5.69. The van der Waals surface area contributed by atoms with E-state index in [0.29, 0.717) is 18.5 Å². The first kappa shape index (κ1) is 26.0. The Morgan fingerprint density at radius 2 is 1.82 bits per heavy atom. The molecule has 204 valence electrons. The number of carbonyl (C=O) groups is 1. The van der Waals surface area contributed by atoms with Crippen LogP contribution in [0.2, 0.25) is 0 Å². The lowest BCUT2D eigenvalue weighted by atomic mass is 9.69. The molecule has 6 rings (SSSR count). The summed E-state index contributed by atoms with van der Waals surface area (Å²) in [5.41, 5.74) is -2.05. The highest BCUT2D eigenvalue weighted by Crippen LogP contribution is 2.49. The van der Waals surface area contributed by atoms with E-state index < -0.39 is 23.0 Å². The number of amides is 1. The van der Waals surface area contributed by atoms with E-state index in [-0.39, 0.29) is 28.3 Å². The molecule has 1 aromatic heterocycles. The molecule has 11 heteroatoms.